The molecular weight excluding hydrogens is 110 g/mol. The number of hydrogen-bond acceptors (Lipinski definition) is 1. The fourth-order valence-electron chi connectivity index (χ4n) is 1.24. The van der Waals surface area contributed by atoms with E-state index < -0.39 is 0 Å². The minimum Gasteiger partial charge on any atom is -0.313 e. The summed E-state index contributed by atoms with van der Waals surface area (Å²) in [6.45, 7) is 4.54. The zero-order valence-corrected chi connectivity index (χ0v) is 6.11. The highest BCUT2D eigenvalue weighted by atomic mass is 14.9. The molecule has 0 radical (unpaired) electrons. The predicted octanol–water partition coefficient (Wildman–Crippen LogP) is 1.71. The molecular formula is C8H15N. The number of hydrogen-bond donors (Lipinski definition) is 1. The van der Waals surface area contributed by atoms with Gasteiger partial charge in [0.2, 0.25) is 0 Å². The molecule has 0 amide bonds. The summed E-state index contributed by atoms with van der Waals surface area (Å²) in [5.74, 6) is 0. The van der Waals surface area contributed by atoms with Gasteiger partial charge in [-0.2, -0.15) is 0 Å². The maximum atomic E-state index is 3.35. The van der Waals surface area contributed by atoms with Crippen molar-refractivity contribution >= 4 is 0 Å². The average Bonchev–Trinajstić information content (AvgIpc) is 1.91. The van der Waals surface area contributed by atoms with Gasteiger partial charge in [0.15, 0.2) is 0 Å². The van der Waals surface area contributed by atoms with Crippen LogP contribution >= 0.6 is 0 Å². The van der Waals surface area contributed by atoms with Crippen molar-refractivity contribution < 1.29 is 0 Å². The van der Waals surface area contributed by atoms with Crippen LogP contribution in [0.1, 0.15) is 26.2 Å². The molecule has 0 spiro atoms. The third kappa shape index (κ3) is 2.19. The molecule has 1 heterocycles. The molecule has 0 aromatic carbocycles. The van der Waals surface area contributed by atoms with Gasteiger partial charge in [-0.05, 0) is 25.8 Å². The van der Waals surface area contributed by atoms with E-state index in [-0.39, 0.29) is 0 Å². The van der Waals surface area contributed by atoms with Crippen LogP contribution in [0.15, 0.2) is 11.6 Å². The third-order valence-electron chi connectivity index (χ3n) is 1.70. The second-order valence-electron chi connectivity index (χ2n) is 2.55. The summed E-state index contributed by atoms with van der Waals surface area (Å²) in [6.07, 6.45) is 6.18. The molecule has 0 aromatic heterocycles. The van der Waals surface area contributed by atoms with Gasteiger partial charge in [0.05, 0.1) is 0 Å². The van der Waals surface area contributed by atoms with Crippen LogP contribution in [0.3, 0.4) is 0 Å². The Labute approximate surface area is 57.1 Å². The summed E-state index contributed by atoms with van der Waals surface area (Å²) >= 11 is 0. The van der Waals surface area contributed by atoms with Gasteiger partial charge >= 0.3 is 0 Å². The molecule has 0 unspecified atom stereocenters. The Morgan fingerprint density at radius 3 is 3.11 bits per heavy atom. The Morgan fingerprint density at radius 1 is 1.67 bits per heavy atom. The molecule has 0 atom stereocenters. The number of nitrogens with one attached hydrogen (secondary N) is 1. The summed E-state index contributed by atoms with van der Waals surface area (Å²) in [7, 11) is 0. The van der Waals surface area contributed by atoms with E-state index in [0.717, 1.165) is 6.54 Å². The van der Waals surface area contributed by atoms with Crippen molar-refractivity contribution in [3.63, 3.8) is 0 Å². The zero-order valence-electron chi connectivity index (χ0n) is 6.11. The summed E-state index contributed by atoms with van der Waals surface area (Å²) < 4.78 is 0. The van der Waals surface area contributed by atoms with Crippen molar-refractivity contribution in [2.45, 2.75) is 26.2 Å². The molecule has 0 saturated carbocycles. The Balaban J connectivity index is 2.30. The van der Waals surface area contributed by atoms with E-state index in [1.807, 2.05) is 0 Å². The van der Waals surface area contributed by atoms with Crippen molar-refractivity contribution in [1.82, 2.24) is 5.32 Å². The number of rotatable bonds is 1. The Hall–Kier alpha value is -0.300. The van der Waals surface area contributed by atoms with Gasteiger partial charge < -0.3 is 5.32 Å². The van der Waals surface area contributed by atoms with E-state index in [0.29, 0.717) is 0 Å². The quantitative estimate of drug-likeness (QED) is 0.526. The standard InChI is InChI=1S/C8H15N/c1-2-4-8-5-3-6-9-7-8/h4,9H,2-3,5-7H2,1H3. The van der Waals surface area contributed by atoms with Crippen molar-refractivity contribution in [1.29, 1.82) is 0 Å². The van der Waals surface area contributed by atoms with Crippen LogP contribution in [0.4, 0.5) is 0 Å². The summed E-state index contributed by atoms with van der Waals surface area (Å²) in [6, 6.07) is 0. The van der Waals surface area contributed by atoms with Gasteiger partial charge in [-0.25, -0.2) is 0 Å². The highest BCUT2D eigenvalue weighted by molar-refractivity contribution is 5.05. The second kappa shape index (κ2) is 3.67. The first-order chi connectivity index (χ1) is 4.43. The van der Waals surface area contributed by atoms with Crippen molar-refractivity contribution in [2.75, 3.05) is 13.1 Å². The maximum Gasteiger partial charge on any atom is 0.0164 e. The first kappa shape index (κ1) is 6.81. The average molecular weight is 125 g/mol. The van der Waals surface area contributed by atoms with E-state index >= 15 is 0 Å². The highest BCUT2D eigenvalue weighted by Gasteiger charge is 2.01. The Morgan fingerprint density at radius 2 is 2.56 bits per heavy atom. The Kier molecular flexibility index (Phi) is 2.78. The topological polar surface area (TPSA) is 12.0 Å². The van der Waals surface area contributed by atoms with Crippen molar-refractivity contribution in [2.24, 2.45) is 0 Å². The van der Waals surface area contributed by atoms with E-state index in [1.54, 1.807) is 5.57 Å². The van der Waals surface area contributed by atoms with E-state index in [9.17, 15) is 0 Å². The van der Waals surface area contributed by atoms with Gasteiger partial charge in [-0.3, -0.25) is 0 Å². The monoisotopic (exact) mass is 125 g/mol. The van der Waals surface area contributed by atoms with Crippen LogP contribution in [0.5, 0.6) is 0 Å². The molecule has 1 saturated heterocycles. The lowest BCUT2D eigenvalue weighted by atomic mass is 10.1. The van der Waals surface area contributed by atoms with Crippen LogP contribution in [-0.2, 0) is 0 Å². The molecule has 1 fully saturated rings. The SMILES string of the molecule is CCC=C1CCCNC1. The van der Waals surface area contributed by atoms with Gasteiger partial charge in [0.25, 0.3) is 0 Å². The molecule has 9 heavy (non-hydrogen) atoms. The molecule has 0 aliphatic carbocycles. The van der Waals surface area contributed by atoms with Crippen LogP contribution in [0.25, 0.3) is 0 Å². The molecule has 1 aliphatic heterocycles. The predicted molar refractivity (Wildman–Crippen MR) is 40.5 cm³/mol. The molecule has 52 valence electrons. The van der Waals surface area contributed by atoms with Gasteiger partial charge in [0, 0.05) is 6.54 Å². The fraction of sp³-hybridized carbons (Fsp3) is 0.750. The van der Waals surface area contributed by atoms with E-state index in [1.165, 1.54) is 25.8 Å². The van der Waals surface area contributed by atoms with Gasteiger partial charge in [-0.1, -0.05) is 18.6 Å². The van der Waals surface area contributed by atoms with Crippen molar-refractivity contribution in [3.05, 3.63) is 11.6 Å². The molecule has 1 rings (SSSR count). The lowest BCUT2D eigenvalue weighted by Gasteiger charge is -2.14. The number of allylic oxidation sites excluding steroid dienone is 1. The molecule has 1 aliphatic rings. The highest BCUT2D eigenvalue weighted by Crippen LogP contribution is 2.08. The number of piperidine rings is 1. The van der Waals surface area contributed by atoms with Crippen LogP contribution in [0, 0.1) is 0 Å². The molecule has 0 aromatic rings. The maximum absolute atomic E-state index is 3.35. The first-order valence-corrected chi connectivity index (χ1v) is 3.82. The minimum atomic E-state index is 1.13. The summed E-state index contributed by atoms with van der Waals surface area (Å²) in [5, 5.41) is 3.35. The van der Waals surface area contributed by atoms with Crippen LogP contribution < -0.4 is 5.32 Å². The van der Waals surface area contributed by atoms with Crippen LogP contribution in [0.2, 0.25) is 0 Å². The smallest absolute Gasteiger partial charge is 0.0164 e. The Bertz CT molecular complexity index is 97.1. The molecule has 1 heteroatoms. The zero-order chi connectivity index (χ0) is 6.53. The van der Waals surface area contributed by atoms with Crippen molar-refractivity contribution in [3.8, 4) is 0 Å². The van der Waals surface area contributed by atoms with E-state index in [4.69, 9.17) is 0 Å². The largest absolute Gasteiger partial charge is 0.313 e. The van der Waals surface area contributed by atoms with Gasteiger partial charge in [0.1, 0.15) is 0 Å². The second-order valence-corrected chi connectivity index (χ2v) is 2.55. The van der Waals surface area contributed by atoms with Gasteiger partial charge in [-0.15, -0.1) is 0 Å². The lowest BCUT2D eigenvalue weighted by Crippen LogP contribution is -2.23. The lowest BCUT2D eigenvalue weighted by molar-refractivity contribution is 0.607. The third-order valence-corrected chi connectivity index (χ3v) is 1.70. The normalized spacial score (nSPS) is 24.8. The van der Waals surface area contributed by atoms with E-state index in [2.05, 4.69) is 18.3 Å². The summed E-state index contributed by atoms with van der Waals surface area (Å²) in [5.41, 5.74) is 1.60. The molecule has 1 N–H and O–H groups in total. The first-order valence-electron chi connectivity index (χ1n) is 3.82. The fourth-order valence-corrected chi connectivity index (χ4v) is 1.24. The van der Waals surface area contributed by atoms with Crippen LogP contribution in [-0.4, -0.2) is 13.1 Å². The summed E-state index contributed by atoms with van der Waals surface area (Å²) in [4.78, 5) is 0. The minimum absolute atomic E-state index is 1.13. The molecule has 1 nitrogen and oxygen atoms in total. The molecule has 0 bridgehead atoms.